The first-order valence-corrected chi connectivity index (χ1v) is 8.63. The molecule has 0 radical (unpaired) electrons. The maximum atomic E-state index is 12.7. The number of nitrogens with zero attached hydrogens (tertiary/aromatic N) is 1. The van der Waals surface area contributed by atoms with Gasteiger partial charge in [-0.15, -0.1) is 0 Å². The summed E-state index contributed by atoms with van der Waals surface area (Å²) in [7, 11) is 0. The Morgan fingerprint density at radius 1 is 1.32 bits per heavy atom. The molecule has 6 heteroatoms. The second-order valence-electron chi connectivity index (χ2n) is 5.45. The van der Waals surface area contributed by atoms with Gasteiger partial charge in [0.15, 0.2) is 10.4 Å². The summed E-state index contributed by atoms with van der Waals surface area (Å²) >= 11 is 3.22. The molecular weight excluding hydrogens is 350 g/mol. The van der Waals surface area contributed by atoms with Crippen molar-refractivity contribution in [3.05, 3.63) is 22.6 Å². The summed E-state index contributed by atoms with van der Waals surface area (Å²) in [4.78, 5) is 26.1. The average Bonchev–Trinajstić information content (AvgIpc) is 2.95. The second kappa shape index (κ2) is 8.36. The summed E-state index contributed by atoms with van der Waals surface area (Å²) in [6, 6.07) is 3.55. The van der Waals surface area contributed by atoms with E-state index in [2.05, 4.69) is 15.9 Å². The number of hydrogen-bond acceptors (Lipinski definition) is 4. The number of rotatable bonds is 6. The third-order valence-electron chi connectivity index (χ3n) is 3.92. The van der Waals surface area contributed by atoms with E-state index in [-0.39, 0.29) is 24.3 Å². The third-order valence-corrected chi connectivity index (χ3v) is 4.35. The van der Waals surface area contributed by atoms with Crippen LogP contribution in [0, 0.1) is 0 Å². The van der Waals surface area contributed by atoms with E-state index in [9.17, 15) is 9.59 Å². The maximum absolute atomic E-state index is 12.7. The summed E-state index contributed by atoms with van der Waals surface area (Å²) < 4.78 is 10.9. The molecule has 0 saturated heterocycles. The Hall–Kier alpha value is -1.30. The Kier molecular flexibility index (Phi) is 6.49. The smallest absolute Gasteiger partial charge is 0.307 e. The number of ether oxygens (including phenoxy) is 1. The molecule has 0 unspecified atom stereocenters. The van der Waals surface area contributed by atoms with Crippen molar-refractivity contribution in [3.63, 3.8) is 0 Å². The molecule has 1 saturated carbocycles. The van der Waals surface area contributed by atoms with Crippen molar-refractivity contribution in [2.45, 2.75) is 51.5 Å². The quantitative estimate of drug-likeness (QED) is 0.714. The Bertz CT molecular complexity index is 508. The highest BCUT2D eigenvalue weighted by molar-refractivity contribution is 9.10. The number of carbonyl (C=O) groups excluding carboxylic acids is 2. The molecular formula is C16H22BrNO4. The molecule has 0 aliphatic heterocycles. The SMILES string of the molecule is CCOC(=O)CCN(C(=O)c1ccc(Br)o1)C1CCCCC1. The minimum absolute atomic E-state index is 0.151. The fourth-order valence-electron chi connectivity index (χ4n) is 2.86. The van der Waals surface area contributed by atoms with Crippen molar-refractivity contribution in [2.75, 3.05) is 13.2 Å². The van der Waals surface area contributed by atoms with Gasteiger partial charge in [0.25, 0.3) is 5.91 Å². The zero-order chi connectivity index (χ0) is 15.9. The molecule has 0 spiro atoms. The fraction of sp³-hybridized carbons (Fsp3) is 0.625. The highest BCUT2D eigenvalue weighted by atomic mass is 79.9. The minimum Gasteiger partial charge on any atom is -0.466 e. The van der Waals surface area contributed by atoms with E-state index >= 15 is 0 Å². The van der Waals surface area contributed by atoms with Crippen LogP contribution in [0.25, 0.3) is 0 Å². The summed E-state index contributed by atoms with van der Waals surface area (Å²) in [5.74, 6) is -0.111. The van der Waals surface area contributed by atoms with Crippen LogP contribution >= 0.6 is 15.9 Å². The zero-order valence-electron chi connectivity index (χ0n) is 12.8. The van der Waals surface area contributed by atoms with Gasteiger partial charge in [-0.2, -0.15) is 0 Å². The molecule has 122 valence electrons. The molecule has 0 atom stereocenters. The van der Waals surface area contributed by atoms with E-state index in [1.54, 1.807) is 24.0 Å². The van der Waals surface area contributed by atoms with Gasteiger partial charge >= 0.3 is 5.97 Å². The second-order valence-corrected chi connectivity index (χ2v) is 6.23. The first kappa shape index (κ1) is 17.1. The largest absolute Gasteiger partial charge is 0.466 e. The van der Waals surface area contributed by atoms with Crippen LogP contribution in [0.5, 0.6) is 0 Å². The number of hydrogen-bond donors (Lipinski definition) is 0. The van der Waals surface area contributed by atoms with Gasteiger partial charge in [-0.3, -0.25) is 9.59 Å². The van der Waals surface area contributed by atoms with Crippen molar-refractivity contribution in [1.82, 2.24) is 4.90 Å². The van der Waals surface area contributed by atoms with Crippen LogP contribution in [0.3, 0.4) is 0 Å². The van der Waals surface area contributed by atoms with Crippen LogP contribution in [0.4, 0.5) is 0 Å². The van der Waals surface area contributed by atoms with Crippen LogP contribution in [-0.2, 0) is 9.53 Å². The molecule has 0 aromatic carbocycles. The number of carbonyl (C=O) groups is 2. The summed E-state index contributed by atoms with van der Waals surface area (Å²) in [5.41, 5.74) is 0. The lowest BCUT2D eigenvalue weighted by Gasteiger charge is -2.33. The van der Waals surface area contributed by atoms with Gasteiger partial charge < -0.3 is 14.1 Å². The number of amides is 1. The maximum Gasteiger partial charge on any atom is 0.307 e. The highest BCUT2D eigenvalue weighted by Gasteiger charge is 2.28. The van der Waals surface area contributed by atoms with Gasteiger partial charge in [-0.1, -0.05) is 19.3 Å². The first-order valence-electron chi connectivity index (χ1n) is 7.83. The molecule has 22 heavy (non-hydrogen) atoms. The Morgan fingerprint density at radius 3 is 2.64 bits per heavy atom. The van der Waals surface area contributed by atoms with Crippen LogP contribution in [0.1, 0.15) is 56.0 Å². The molecule has 1 fully saturated rings. The van der Waals surface area contributed by atoms with Crippen LogP contribution in [0.15, 0.2) is 21.2 Å². The van der Waals surface area contributed by atoms with E-state index in [0.29, 0.717) is 23.6 Å². The van der Waals surface area contributed by atoms with E-state index in [1.165, 1.54) is 6.42 Å². The van der Waals surface area contributed by atoms with E-state index in [0.717, 1.165) is 25.7 Å². The van der Waals surface area contributed by atoms with Crippen molar-refractivity contribution in [1.29, 1.82) is 0 Å². The topological polar surface area (TPSA) is 59.8 Å². The van der Waals surface area contributed by atoms with Gasteiger partial charge in [-0.05, 0) is 47.8 Å². The molecule has 0 bridgehead atoms. The molecule has 1 aliphatic rings. The van der Waals surface area contributed by atoms with E-state index in [4.69, 9.17) is 9.15 Å². The highest BCUT2D eigenvalue weighted by Crippen LogP contribution is 2.25. The Balaban J connectivity index is 2.06. The number of furan rings is 1. The number of halogens is 1. The van der Waals surface area contributed by atoms with E-state index < -0.39 is 0 Å². The molecule has 1 aromatic rings. The van der Waals surface area contributed by atoms with Gasteiger partial charge in [0, 0.05) is 12.6 Å². The van der Waals surface area contributed by atoms with Crippen molar-refractivity contribution >= 4 is 27.8 Å². The predicted molar refractivity (Wildman–Crippen MR) is 85.6 cm³/mol. The van der Waals surface area contributed by atoms with Crippen molar-refractivity contribution in [2.24, 2.45) is 0 Å². The zero-order valence-corrected chi connectivity index (χ0v) is 14.4. The molecule has 1 aromatic heterocycles. The molecule has 1 aliphatic carbocycles. The van der Waals surface area contributed by atoms with Crippen LogP contribution in [0.2, 0.25) is 0 Å². The summed E-state index contributed by atoms with van der Waals surface area (Å²) in [6.45, 7) is 2.52. The molecule has 1 amide bonds. The van der Waals surface area contributed by atoms with Gasteiger partial charge in [-0.25, -0.2) is 0 Å². The monoisotopic (exact) mass is 371 g/mol. The minimum atomic E-state index is -0.267. The summed E-state index contributed by atoms with van der Waals surface area (Å²) in [6.07, 6.45) is 5.64. The van der Waals surface area contributed by atoms with E-state index in [1.807, 2.05) is 0 Å². The lowest BCUT2D eigenvalue weighted by Crippen LogP contribution is -2.42. The first-order chi connectivity index (χ1) is 10.6. The van der Waals surface area contributed by atoms with Crippen molar-refractivity contribution in [3.8, 4) is 0 Å². The lowest BCUT2D eigenvalue weighted by atomic mass is 9.94. The molecule has 2 rings (SSSR count). The van der Waals surface area contributed by atoms with Crippen molar-refractivity contribution < 1.29 is 18.7 Å². The molecule has 5 nitrogen and oxygen atoms in total. The molecule has 0 N–H and O–H groups in total. The van der Waals surface area contributed by atoms with Gasteiger partial charge in [0.05, 0.1) is 13.0 Å². The van der Waals surface area contributed by atoms with Crippen LogP contribution in [-0.4, -0.2) is 36.0 Å². The predicted octanol–water partition coefficient (Wildman–Crippen LogP) is 3.77. The Morgan fingerprint density at radius 2 is 2.05 bits per heavy atom. The lowest BCUT2D eigenvalue weighted by molar-refractivity contribution is -0.143. The van der Waals surface area contributed by atoms with Gasteiger partial charge in [0.1, 0.15) is 0 Å². The normalized spacial score (nSPS) is 15.5. The van der Waals surface area contributed by atoms with Gasteiger partial charge in [0.2, 0.25) is 0 Å². The summed E-state index contributed by atoms with van der Waals surface area (Å²) in [5, 5.41) is 0. The standard InChI is InChI=1S/C16H22BrNO4/c1-2-21-15(19)10-11-18(12-6-4-3-5-7-12)16(20)13-8-9-14(17)22-13/h8-9,12H,2-7,10-11H2,1H3. The number of esters is 1. The molecule has 1 heterocycles. The fourth-order valence-corrected chi connectivity index (χ4v) is 3.16. The average molecular weight is 372 g/mol. The Labute approximate surface area is 139 Å². The third kappa shape index (κ3) is 4.60. The van der Waals surface area contributed by atoms with Crippen LogP contribution < -0.4 is 0 Å².